The molecule has 3 nitrogen and oxygen atoms in total. The lowest BCUT2D eigenvalue weighted by atomic mass is 10.0. The molecule has 1 spiro atoms. The molecular formula is C12H20N2O. The van der Waals surface area contributed by atoms with Crippen molar-refractivity contribution in [2.24, 2.45) is 5.41 Å². The van der Waals surface area contributed by atoms with E-state index in [0.29, 0.717) is 11.3 Å². The summed E-state index contributed by atoms with van der Waals surface area (Å²) < 4.78 is 0. The van der Waals surface area contributed by atoms with Gasteiger partial charge in [0.15, 0.2) is 0 Å². The number of carbonyl (C=O) groups is 1. The van der Waals surface area contributed by atoms with E-state index >= 15 is 0 Å². The lowest BCUT2D eigenvalue weighted by Gasteiger charge is -2.25. The molecule has 3 aliphatic rings. The first-order valence-corrected chi connectivity index (χ1v) is 6.20. The molecule has 0 aromatic rings. The van der Waals surface area contributed by atoms with Gasteiger partial charge in [0.25, 0.3) is 0 Å². The summed E-state index contributed by atoms with van der Waals surface area (Å²) in [6.45, 7) is 5.35. The van der Waals surface area contributed by atoms with Crippen molar-refractivity contribution in [2.75, 3.05) is 6.54 Å². The van der Waals surface area contributed by atoms with E-state index in [0.717, 1.165) is 19.4 Å². The Kier molecular flexibility index (Phi) is 1.77. The maximum atomic E-state index is 12.2. The maximum absolute atomic E-state index is 12.2. The molecule has 1 heterocycles. The Bertz CT molecular complexity index is 305. The third-order valence-corrected chi connectivity index (χ3v) is 4.59. The normalized spacial score (nSPS) is 34.9. The van der Waals surface area contributed by atoms with Gasteiger partial charge in [0, 0.05) is 6.54 Å². The zero-order chi connectivity index (χ0) is 10.7. The van der Waals surface area contributed by atoms with Crippen LogP contribution in [0.3, 0.4) is 0 Å². The fraction of sp³-hybridized carbons (Fsp3) is 0.917. The summed E-state index contributed by atoms with van der Waals surface area (Å²) in [5.41, 5.74) is 0.356. The van der Waals surface area contributed by atoms with Crippen LogP contribution in [0.1, 0.15) is 46.0 Å². The van der Waals surface area contributed by atoms with Crippen LogP contribution >= 0.6 is 0 Å². The van der Waals surface area contributed by atoms with E-state index in [4.69, 9.17) is 0 Å². The fourth-order valence-corrected chi connectivity index (χ4v) is 2.84. The van der Waals surface area contributed by atoms with Crippen LogP contribution in [-0.4, -0.2) is 29.1 Å². The van der Waals surface area contributed by atoms with Crippen LogP contribution in [0.15, 0.2) is 0 Å². The smallest absolute Gasteiger partial charge is 0.244 e. The molecule has 3 rings (SSSR count). The third kappa shape index (κ3) is 1.32. The van der Waals surface area contributed by atoms with E-state index in [-0.39, 0.29) is 11.7 Å². The van der Waals surface area contributed by atoms with Crippen LogP contribution < -0.4 is 5.32 Å². The van der Waals surface area contributed by atoms with E-state index < -0.39 is 0 Å². The monoisotopic (exact) mass is 208 g/mol. The van der Waals surface area contributed by atoms with E-state index in [9.17, 15) is 4.79 Å². The number of amides is 1. The minimum Gasteiger partial charge on any atom is -0.325 e. The Balaban J connectivity index is 1.73. The second-order valence-electron chi connectivity index (χ2n) is 5.69. The first-order valence-electron chi connectivity index (χ1n) is 6.20. The number of carbonyl (C=O) groups excluding carboxylic acids is 1. The fourth-order valence-electron chi connectivity index (χ4n) is 2.84. The van der Waals surface area contributed by atoms with Crippen molar-refractivity contribution in [3.8, 4) is 0 Å². The Hall–Kier alpha value is -0.570. The largest absolute Gasteiger partial charge is 0.325 e. The Labute approximate surface area is 91.2 Å². The van der Waals surface area contributed by atoms with Crippen molar-refractivity contribution >= 4 is 5.91 Å². The molecule has 15 heavy (non-hydrogen) atoms. The van der Waals surface area contributed by atoms with Crippen molar-refractivity contribution < 1.29 is 4.79 Å². The van der Waals surface area contributed by atoms with E-state index in [1.54, 1.807) is 0 Å². The van der Waals surface area contributed by atoms with Gasteiger partial charge in [-0.1, -0.05) is 6.92 Å². The highest BCUT2D eigenvalue weighted by atomic mass is 16.2. The van der Waals surface area contributed by atoms with Crippen molar-refractivity contribution in [1.82, 2.24) is 10.2 Å². The topological polar surface area (TPSA) is 32.3 Å². The molecule has 0 bridgehead atoms. The minimum absolute atomic E-state index is 0.122. The summed E-state index contributed by atoms with van der Waals surface area (Å²) in [6, 6.07) is 0. The Morgan fingerprint density at radius 3 is 2.47 bits per heavy atom. The number of hydrogen-bond donors (Lipinski definition) is 1. The first-order chi connectivity index (χ1) is 7.11. The number of nitrogens with one attached hydrogen (secondary N) is 1. The van der Waals surface area contributed by atoms with Gasteiger partial charge < -0.3 is 4.90 Å². The summed E-state index contributed by atoms with van der Waals surface area (Å²) >= 11 is 0. The van der Waals surface area contributed by atoms with Gasteiger partial charge in [0.05, 0.1) is 11.7 Å². The quantitative estimate of drug-likeness (QED) is 0.762. The molecular weight excluding hydrogens is 188 g/mol. The van der Waals surface area contributed by atoms with Crippen molar-refractivity contribution in [2.45, 2.75) is 57.7 Å². The molecule has 1 atom stereocenters. The average Bonchev–Trinajstić information content (AvgIpc) is 3.09. The van der Waals surface area contributed by atoms with Crippen LogP contribution in [0.4, 0.5) is 0 Å². The molecule has 0 aromatic carbocycles. The van der Waals surface area contributed by atoms with Crippen molar-refractivity contribution in [3.63, 3.8) is 0 Å². The summed E-state index contributed by atoms with van der Waals surface area (Å²) in [4.78, 5) is 14.3. The van der Waals surface area contributed by atoms with E-state index in [1.165, 1.54) is 19.3 Å². The summed E-state index contributed by atoms with van der Waals surface area (Å²) in [5.74, 6) is 0.370. The lowest BCUT2D eigenvalue weighted by Crippen LogP contribution is -2.39. The van der Waals surface area contributed by atoms with Crippen LogP contribution in [0.5, 0.6) is 0 Å². The predicted molar refractivity (Wildman–Crippen MR) is 58.2 cm³/mol. The number of rotatable bonds is 3. The highest BCUT2D eigenvalue weighted by molar-refractivity contribution is 5.91. The van der Waals surface area contributed by atoms with Crippen LogP contribution in [0.25, 0.3) is 0 Å². The lowest BCUT2D eigenvalue weighted by molar-refractivity contribution is -0.131. The van der Waals surface area contributed by atoms with Gasteiger partial charge >= 0.3 is 0 Å². The SMILES string of the molecule is CCC1(CN2C(=O)C3(CC3)NC2C)CC1. The molecule has 0 radical (unpaired) electrons. The predicted octanol–water partition coefficient (Wildman–Crippen LogP) is 1.49. The highest BCUT2D eigenvalue weighted by Crippen LogP contribution is 2.51. The first kappa shape index (κ1) is 9.64. The summed E-state index contributed by atoms with van der Waals surface area (Å²) in [5, 5.41) is 3.45. The van der Waals surface area contributed by atoms with Gasteiger partial charge in [0.1, 0.15) is 0 Å². The molecule has 1 saturated heterocycles. The number of nitrogens with zero attached hydrogens (tertiary/aromatic N) is 1. The van der Waals surface area contributed by atoms with Crippen molar-refractivity contribution in [3.05, 3.63) is 0 Å². The van der Waals surface area contributed by atoms with Crippen LogP contribution in [0.2, 0.25) is 0 Å². The Morgan fingerprint density at radius 1 is 1.40 bits per heavy atom. The van der Waals surface area contributed by atoms with E-state index in [2.05, 4.69) is 24.1 Å². The molecule has 1 unspecified atom stereocenters. The minimum atomic E-state index is -0.122. The molecule has 3 fully saturated rings. The zero-order valence-electron chi connectivity index (χ0n) is 9.68. The van der Waals surface area contributed by atoms with E-state index in [1.807, 2.05) is 0 Å². The zero-order valence-corrected chi connectivity index (χ0v) is 9.68. The van der Waals surface area contributed by atoms with Gasteiger partial charge in [-0.3, -0.25) is 10.1 Å². The van der Waals surface area contributed by atoms with Gasteiger partial charge in [-0.05, 0) is 44.4 Å². The van der Waals surface area contributed by atoms with Gasteiger partial charge in [0.2, 0.25) is 5.91 Å². The molecule has 1 N–H and O–H groups in total. The molecule has 84 valence electrons. The standard InChI is InChI=1S/C12H20N2O/c1-3-11(4-5-11)8-14-9(2)13-12(6-7-12)10(14)15/h9,13H,3-8H2,1-2H3. The highest BCUT2D eigenvalue weighted by Gasteiger charge is 2.59. The average molecular weight is 208 g/mol. The summed E-state index contributed by atoms with van der Waals surface area (Å²) in [6.07, 6.45) is 6.19. The van der Waals surface area contributed by atoms with Gasteiger partial charge in [-0.15, -0.1) is 0 Å². The molecule has 1 aliphatic heterocycles. The summed E-state index contributed by atoms with van der Waals surface area (Å²) in [7, 11) is 0. The van der Waals surface area contributed by atoms with Crippen LogP contribution in [-0.2, 0) is 4.79 Å². The molecule has 1 amide bonds. The molecule has 2 aliphatic carbocycles. The molecule has 3 heteroatoms. The van der Waals surface area contributed by atoms with Crippen LogP contribution in [0, 0.1) is 5.41 Å². The molecule has 2 saturated carbocycles. The van der Waals surface area contributed by atoms with Gasteiger partial charge in [-0.25, -0.2) is 0 Å². The van der Waals surface area contributed by atoms with Crippen molar-refractivity contribution in [1.29, 1.82) is 0 Å². The second-order valence-corrected chi connectivity index (χ2v) is 5.69. The Morgan fingerprint density at radius 2 is 2.07 bits per heavy atom. The number of hydrogen-bond acceptors (Lipinski definition) is 2. The maximum Gasteiger partial charge on any atom is 0.244 e. The molecule has 0 aromatic heterocycles. The van der Waals surface area contributed by atoms with Gasteiger partial charge in [-0.2, -0.15) is 0 Å². The second kappa shape index (κ2) is 2.76. The third-order valence-electron chi connectivity index (χ3n) is 4.59.